The summed E-state index contributed by atoms with van der Waals surface area (Å²) < 4.78 is 1.02. The van der Waals surface area contributed by atoms with E-state index >= 15 is 0 Å². The average molecular weight is 342 g/mol. The molecule has 0 aliphatic heterocycles. The molecule has 5 heteroatoms. The van der Waals surface area contributed by atoms with Crippen LogP contribution in [0.2, 0.25) is 5.02 Å². The largest absolute Gasteiger partial charge is 0.389 e. The van der Waals surface area contributed by atoms with Crippen molar-refractivity contribution in [3.63, 3.8) is 0 Å². The third-order valence-corrected chi connectivity index (χ3v) is 3.35. The molecule has 0 aromatic heterocycles. The minimum Gasteiger partial charge on any atom is -0.389 e. The molecular weight excluding hydrogens is 332 g/mol. The fraction of sp³-hybridized carbons (Fsp3) is 0. The first kappa shape index (κ1) is 13.3. The van der Waals surface area contributed by atoms with E-state index < -0.39 is 0 Å². The summed E-state index contributed by atoms with van der Waals surface area (Å²) in [5.74, 6) is 0. The number of anilines is 2. The number of thiocarbonyl (C=S) groups is 1. The summed E-state index contributed by atoms with van der Waals surface area (Å²) in [7, 11) is 0. The lowest BCUT2D eigenvalue weighted by molar-refractivity contribution is 1.51. The normalized spacial score (nSPS) is 10.1. The monoisotopic (exact) mass is 340 g/mol. The minimum absolute atomic E-state index is 0.339. The molecule has 3 N–H and O–H groups in total. The van der Waals surface area contributed by atoms with Crippen molar-refractivity contribution < 1.29 is 0 Å². The Labute approximate surface area is 124 Å². The molecular formula is C13H10BrClN2S. The van der Waals surface area contributed by atoms with Crippen LogP contribution in [-0.4, -0.2) is 4.99 Å². The van der Waals surface area contributed by atoms with Crippen molar-refractivity contribution in [2.45, 2.75) is 0 Å². The molecule has 0 spiro atoms. The van der Waals surface area contributed by atoms with Gasteiger partial charge in [-0.2, -0.15) is 0 Å². The van der Waals surface area contributed by atoms with Gasteiger partial charge in [0.2, 0.25) is 0 Å². The predicted octanol–water partition coefficient (Wildman–Crippen LogP) is 4.48. The van der Waals surface area contributed by atoms with Gasteiger partial charge in [-0.25, -0.2) is 0 Å². The lowest BCUT2D eigenvalue weighted by atomic mass is 10.1. The molecule has 18 heavy (non-hydrogen) atoms. The second kappa shape index (κ2) is 5.69. The molecule has 0 aliphatic rings. The van der Waals surface area contributed by atoms with Gasteiger partial charge in [0.15, 0.2) is 0 Å². The molecule has 0 aliphatic carbocycles. The molecule has 92 valence electrons. The molecule has 0 atom stereocenters. The number of hydrogen-bond acceptors (Lipinski definition) is 2. The van der Waals surface area contributed by atoms with Gasteiger partial charge in [0.05, 0.1) is 5.69 Å². The number of benzene rings is 2. The van der Waals surface area contributed by atoms with Crippen LogP contribution in [0.4, 0.5) is 11.4 Å². The van der Waals surface area contributed by atoms with Crippen LogP contribution in [0, 0.1) is 0 Å². The van der Waals surface area contributed by atoms with Crippen molar-refractivity contribution in [3.05, 3.63) is 57.5 Å². The minimum atomic E-state index is 0.339. The first-order valence-corrected chi connectivity index (χ1v) is 6.76. The summed E-state index contributed by atoms with van der Waals surface area (Å²) in [5, 5.41) is 3.88. The number of rotatable bonds is 3. The van der Waals surface area contributed by atoms with Gasteiger partial charge in [-0.3, -0.25) is 0 Å². The van der Waals surface area contributed by atoms with E-state index in [0.29, 0.717) is 10.0 Å². The van der Waals surface area contributed by atoms with Crippen molar-refractivity contribution in [2.75, 3.05) is 5.32 Å². The third kappa shape index (κ3) is 3.22. The maximum atomic E-state index is 5.98. The van der Waals surface area contributed by atoms with Gasteiger partial charge in [0.1, 0.15) is 4.99 Å². The van der Waals surface area contributed by atoms with Crippen LogP contribution in [0.5, 0.6) is 0 Å². The molecule has 0 unspecified atom stereocenters. The number of nitrogens with one attached hydrogen (secondary N) is 1. The van der Waals surface area contributed by atoms with Gasteiger partial charge in [-0.15, -0.1) is 0 Å². The zero-order valence-electron chi connectivity index (χ0n) is 9.28. The molecule has 0 bridgehead atoms. The van der Waals surface area contributed by atoms with E-state index in [1.165, 1.54) is 0 Å². The summed E-state index contributed by atoms with van der Waals surface area (Å²) in [6.07, 6.45) is 0. The average Bonchev–Trinajstić information content (AvgIpc) is 2.32. The summed E-state index contributed by atoms with van der Waals surface area (Å²) in [6.45, 7) is 0. The Balaban J connectivity index is 2.35. The van der Waals surface area contributed by atoms with Crippen LogP contribution in [-0.2, 0) is 0 Å². The highest BCUT2D eigenvalue weighted by molar-refractivity contribution is 9.10. The van der Waals surface area contributed by atoms with Gasteiger partial charge < -0.3 is 11.1 Å². The third-order valence-electron chi connectivity index (χ3n) is 2.37. The first-order chi connectivity index (χ1) is 8.56. The topological polar surface area (TPSA) is 38.0 Å². The van der Waals surface area contributed by atoms with Gasteiger partial charge in [-0.05, 0) is 42.5 Å². The Morgan fingerprint density at radius 2 is 1.83 bits per heavy atom. The molecule has 0 saturated heterocycles. The van der Waals surface area contributed by atoms with Gasteiger partial charge in [0, 0.05) is 20.7 Å². The van der Waals surface area contributed by atoms with Crippen molar-refractivity contribution in [2.24, 2.45) is 5.73 Å². The fourth-order valence-corrected chi connectivity index (χ4v) is 2.14. The van der Waals surface area contributed by atoms with Gasteiger partial charge in [-0.1, -0.05) is 39.7 Å². The number of halogens is 2. The quantitative estimate of drug-likeness (QED) is 0.808. The highest BCUT2D eigenvalue weighted by atomic mass is 79.9. The highest BCUT2D eigenvalue weighted by Crippen LogP contribution is 2.25. The molecule has 0 heterocycles. The Morgan fingerprint density at radius 1 is 1.17 bits per heavy atom. The summed E-state index contributed by atoms with van der Waals surface area (Å²) in [4.78, 5) is 0.339. The van der Waals surface area contributed by atoms with Crippen LogP contribution in [0.25, 0.3) is 0 Å². The molecule has 2 aromatic rings. The molecule has 0 radical (unpaired) electrons. The Morgan fingerprint density at radius 3 is 2.44 bits per heavy atom. The molecule has 0 amide bonds. The van der Waals surface area contributed by atoms with Crippen LogP contribution < -0.4 is 11.1 Å². The van der Waals surface area contributed by atoms with Crippen LogP contribution in [0.1, 0.15) is 5.56 Å². The second-order valence-electron chi connectivity index (χ2n) is 3.69. The summed E-state index contributed by atoms with van der Waals surface area (Å²) in [5.41, 5.74) is 8.20. The standard InChI is InChI=1S/C13H10BrClN2S/c14-8-1-4-10(5-2-8)17-12-7-9(15)3-6-11(12)13(16)18/h1-7,17H,(H2,16,18). The van der Waals surface area contributed by atoms with E-state index in [4.69, 9.17) is 29.6 Å². The van der Waals surface area contributed by atoms with E-state index in [9.17, 15) is 0 Å². The molecule has 0 fully saturated rings. The Hall–Kier alpha value is -1.10. The smallest absolute Gasteiger partial charge is 0.106 e. The SMILES string of the molecule is NC(=S)c1ccc(Cl)cc1Nc1ccc(Br)cc1. The van der Waals surface area contributed by atoms with Crippen molar-refractivity contribution in [1.82, 2.24) is 0 Å². The molecule has 2 nitrogen and oxygen atoms in total. The lowest BCUT2D eigenvalue weighted by Crippen LogP contribution is -2.11. The predicted molar refractivity (Wildman–Crippen MR) is 84.8 cm³/mol. The Kier molecular flexibility index (Phi) is 4.22. The number of nitrogens with two attached hydrogens (primary N) is 1. The molecule has 0 saturated carbocycles. The highest BCUT2D eigenvalue weighted by Gasteiger charge is 2.06. The van der Waals surface area contributed by atoms with E-state index in [1.54, 1.807) is 12.1 Å². The van der Waals surface area contributed by atoms with E-state index in [2.05, 4.69) is 21.2 Å². The second-order valence-corrected chi connectivity index (χ2v) is 5.48. The molecule has 2 rings (SSSR count). The van der Waals surface area contributed by atoms with Crippen LogP contribution >= 0.6 is 39.7 Å². The van der Waals surface area contributed by atoms with Crippen molar-refractivity contribution >= 4 is 56.1 Å². The summed E-state index contributed by atoms with van der Waals surface area (Å²) >= 11 is 14.4. The van der Waals surface area contributed by atoms with E-state index in [-0.39, 0.29) is 0 Å². The van der Waals surface area contributed by atoms with Gasteiger partial charge >= 0.3 is 0 Å². The zero-order valence-corrected chi connectivity index (χ0v) is 12.4. The summed E-state index contributed by atoms with van der Waals surface area (Å²) in [6, 6.07) is 13.2. The van der Waals surface area contributed by atoms with E-state index in [0.717, 1.165) is 21.4 Å². The van der Waals surface area contributed by atoms with Gasteiger partial charge in [0.25, 0.3) is 0 Å². The van der Waals surface area contributed by atoms with Crippen LogP contribution in [0.3, 0.4) is 0 Å². The fourth-order valence-electron chi connectivity index (χ4n) is 1.52. The first-order valence-electron chi connectivity index (χ1n) is 5.18. The maximum Gasteiger partial charge on any atom is 0.106 e. The van der Waals surface area contributed by atoms with E-state index in [1.807, 2.05) is 30.3 Å². The zero-order chi connectivity index (χ0) is 13.1. The van der Waals surface area contributed by atoms with Crippen molar-refractivity contribution in [3.8, 4) is 0 Å². The maximum absolute atomic E-state index is 5.98. The lowest BCUT2D eigenvalue weighted by Gasteiger charge is -2.11. The van der Waals surface area contributed by atoms with Crippen molar-refractivity contribution in [1.29, 1.82) is 0 Å². The Bertz CT molecular complexity index is 584. The molecule has 2 aromatic carbocycles. The number of hydrogen-bond donors (Lipinski definition) is 2. The van der Waals surface area contributed by atoms with Crippen LogP contribution in [0.15, 0.2) is 46.9 Å².